The van der Waals surface area contributed by atoms with E-state index in [1.54, 1.807) is 18.2 Å². The standard InChI is InChI=1S/C10H13NO4.C2H6/c1-13-8-4-7(10(12)11-15-3)5-9(6-8)14-2;1-2/h4-6H,1-3H3,(H,11,12);1-2H3. The molecule has 0 fully saturated rings. The highest BCUT2D eigenvalue weighted by Crippen LogP contribution is 2.22. The first-order chi connectivity index (χ1) is 8.21. The van der Waals surface area contributed by atoms with Gasteiger partial charge in [0, 0.05) is 11.6 Å². The predicted molar refractivity (Wildman–Crippen MR) is 65.4 cm³/mol. The van der Waals surface area contributed by atoms with Gasteiger partial charge in [-0.15, -0.1) is 0 Å². The molecule has 0 aliphatic rings. The van der Waals surface area contributed by atoms with Crippen molar-refractivity contribution < 1.29 is 19.1 Å². The topological polar surface area (TPSA) is 56.8 Å². The van der Waals surface area contributed by atoms with Crippen molar-refractivity contribution in [2.45, 2.75) is 13.8 Å². The van der Waals surface area contributed by atoms with E-state index in [4.69, 9.17) is 9.47 Å². The number of carbonyl (C=O) groups is 1. The lowest BCUT2D eigenvalue weighted by Gasteiger charge is -2.07. The van der Waals surface area contributed by atoms with Crippen LogP contribution in [0.4, 0.5) is 0 Å². The van der Waals surface area contributed by atoms with Crippen molar-refractivity contribution in [3.8, 4) is 11.5 Å². The van der Waals surface area contributed by atoms with Crippen LogP contribution in [-0.2, 0) is 4.84 Å². The molecule has 0 atom stereocenters. The molecule has 1 rings (SSSR count). The number of amides is 1. The van der Waals surface area contributed by atoms with Crippen LogP contribution in [0.5, 0.6) is 11.5 Å². The first-order valence-corrected chi connectivity index (χ1v) is 5.27. The molecule has 0 saturated carbocycles. The minimum absolute atomic E-state index is 0.352. The van der Waals surface area contributed by atoms with Gasteiger partial charge >= 0.3 is 0 Å². The van der Waals surface area contributed by atoms with Gasteiger partial charge in [0.25, 0.3) is 5.91 Å². The molecule has 0 saturated heterocycles. The molecule has 0 radical (unpaired) electrons. The Morgan fingerprint density at radius 2 is 1.47 bits per heavy atom. The van der Waals surface area contributed by atoms with Gasteiger partial charge in [0.1, 0.15) is 11.5 Å². The number of hydrogen-bond donors (Lipinski definition) is 1. The zero-order valence-electron chi connectivity index (χ0n) is 10.9. The van der Waals surface area contributed by atoms with Crippen LogP contribution in [-0.4, -0.2) is 27.2 Å². The lowest BCUT2D eigenvalue weighted by atomic mass is 10.2. The van der Waals surface area contributed by atoms with Crippen LogP contribution in [0.1, 0.15) is 24.2 Å². The van der Waals surface area contributed by atoms with Gasteiger partial charge in [-0.1, -0.05) is 13.8 Å². The summed E-state index contributed by atoms with van der Waals surface area (Å²) in [5.41, 5.74) is 2.62. The van der Waals surface area contributed by atoms with Gasteiger partial charge in [0.05, 0.1) is 21.3 Å². The van der Waals surface area contributed by atoms with E-state index in [2.05, 4.69) is 10.3 Å². The Bertz CT molecular complexity index is 330. The van der Waals surface area contributed by atoms with Crippen molar-refractivity contribution in [1.82, 2.24) is 5.48 Å². The van der Waals surface area contributed by atoms with Crippen LogP contribution in [0.3, 0.4) is 0 Å². The Labute approximate surface area is 102 Å². The second-order valence-corrected chi connectivity index (χ2v) is 2.74. The Morgan fingerprint density at radius 3 is 1.82 bits per heavy atom. The van der Waals surface area contributed by atoms with E-state index in [1.165, 1.54) is 21.3 Å². The Hall–Kier alpha value is -1.75. The third-order valence-corrected chi connectivity index (χ3v) is 1.81. The molecule has 5 nitrogen and oxygen atoms in total. The van der Waals surface area contributed by atoms with Crippen LogP contribution in [0.2, 0.25) is 0 Å². The Kier molecular flexibility index (Phi) is 7.54. The van der Waals surface area contributed by atoms with Crippen LogP contribution in [0.25, 0.3) is 0 Å². The van der Waals surface area contributed by atoms with Gasteiger partial charge in [0.15, 0.2) is 0 Å². The lowest BCUT2D eigenvalue weighted by Crippen LogP contribution is -2.21. The van der Waals surface area contributed by atoms with Crippen molar-refractivity contribution >= 4 is 5.91 Å². The molecule has 0 aliphatic carbocycles. The van der Waals surface area contributed by atoms with Gasteiger partial charge in [-0.25, -0.2) is 5.48 Å². The summed E-state index contributed by atoms with van der Waals surface area (Å²) in [5.74, 6) is 0.751. The van der Waals surface area contributed by atoms with E-state index in [9.17, 15) is 4.79 Å². The van der Waals surface area contributed by atoms with E-state index in [-0.39, 0.29) is 5.91 Å². The SMILES string of the molecule is CC.CONC(=O)c1cc(OC)cc(OC)c1. The minimum Gasteiger partial charge on any atom is -0.497 e. The number of ether oxygens (including phenoxy) is 2. The minimum atomic E-state index is -0.352. The number of hydroxylamine groups is 1. The summed E-state index contributed by atoms with van der Waals surface area (Å²) < 4.78 is 10.0. The number of nitrogens with one attached hydrogen (secondary N) is 1. The van der Waals surface area contributed by atoms with Crippen molar-refractivity contribution in [3.63, 3.8) is 0 Å². The van der Waals surface area contributed by atoms with Crippen LogP contribution >= 0.6 is 0 Å². The summed E-state index contributed by atoms with van der Waals surface area (Å²) in [7, 11) is 4.41. The number of benzene rings is 1. The summed E-state index contributed by atoms with van der Waals surface area (Å²) in [6.45, 7) is 4.00. The molecule has 0 bridgehead atoms. The molecule has 0 heterocycles. The van der Waals surface area contributed by atoms with E-state index in [0.29, 0.717) is 17.1 Å². The van der Waals surface area contributed by atoms with Gasteiger partial charge < -0.3 is 9.47 Å². The Balaban J connectivity index is 0.00000121. The molecule has 1 N–H and O–H groups in total. The fourth-order valence-corrected chi connectivity index (χ4v) is 1.09. The molecular weight excluding hydrogens is 222 g/mol. The number of methoxy groups -OCH3 is 2. The molecule has 0 unspecified atom stereocenters. The summed E-state index contributed by atoms with van der Waals surface area (Å²) in [5, 5.41) is 0. The monoisotopic (exact) mass is 241 g/mol. The van der Waals surface area contributed by atoms with Crippen molar-refractivity contribution in [2.24, 2.45) is 0 Å². The van der Waals surface area contributed by atoms with E-state index >= 15 is 0 Å². The number of carbonyl (C=O) groups excluding carboxylic acids is 1. The third kappa shape index (κ3) is 4.74. The highest BCUT2D eigenvalue weighted by atomic mass is 16.6. The lowest BCUT2D eigenvalue weighted by molar-refractivity contribution is 0.0537. The molecule has 0 aliphatic heterocycles. The molecule has 5 heteroatoms. The first kappa shape index (κ1) is 15.2. The average Bonchev–Trinajstić information content (AvgIpc) is 2.40. The van der Waals surface area contributed by atoms with Crippen molar-refractivity contribution in [2.75, 3.05) is 21.3 Å². The number of rotatable bonds is 4. The molecule has 1 aromatic carbocycles. The van der Waals surface area contributed by atoms with Gasteiger partial charge in [-0.05, 0) is 12.1 Å². The quantitative estimate of drug-likeness (QED) is 0.819. The molecule has 0 spiro atoms. The molecule has 1 aromatic rings. The maximum atomic E-state index is 11.4. The smallest absolute Gasteiger partial charge is 0.275 e. The highest BCUT2D eigenvalue weighted by molar-refractivity contribution is 5.94. The van der Waals surface area contributed by atoms with Crippen molar-refractivity contribution in [1.29, 1.82) is 0 Å². The fraction of sp³-hybridized carbons (Fsp3) is 0.417. The maximum Gasteiger partial charge on any atom is 0.275 e. The predicted octanol–water partition coefficient (Wildman–Crippen LogP) is 2.02. The normalized spacial score (nSPS) is 8.76. The second kappa shape index (κ2) is 8.41. The maximum absolute atomic E-state index is 11.4. The first-order valence-electron chi connectivity index (χ1n) is 5.27. The van der Waals surface area contributed by atoms with Crippen LogP contribution < -0.4 is 15.0 Å². The zero-order chi connectivity index (χ0) is 13.3. The van der Waals surface area contributed by atoms with Gasteiger partial charge in [0.2, 0.25) is 0 Å². The third-order valence-electron chi connectivity index (χ3n) is 1.81. The van der Waals surface area contributed by atoms with Gasteiger partial charge in [-0.3, -0.25) is 9.63 Å². The molecule has 0 aromatic heterocycles. The summed E-state index contributed by atoms with van der Waals surface area (Å²) in [6, 6.07) is 4.87. The Morgan fingerprint density at radius 1 is 1.00 bits per heavy atom. The largest absolute Gasteiger partial charge is 0.497 e. The van der Waals surface area contributed by atoms with E-state index < -0.39 is 0 Å². The summed E-state index contributed by atoms with van der Waals surface area (Å²) in [4.78, 5) is 16.0. The highest BCUT2D eigenvalue weighted by Gasteiger charge is 2.08. The molecular formula is C12H19NO4. The summed E-state index contributed by atoms with van der Waals surface area (Å²) in [6.07, 6.45) is 0. The van der Waals surface area contributed by atoms with E-state index in [1.807, 2.05) is 13.8 Å². The molecule has 17 heavy (non-hydrogen) atoms. The number of hydrogen-bond acceptors (Lipinski definition) is 4. The fourth-order valence-electron chi connectivity index (χ4n) is 1.09. The van der Waals surface area contributed by atoms with Crippen LogP contribution in [0, 0.1) is 0 Å². The van der Waals surface area contributed by atoms with E-state index in [0.717, 1.165) is 0 Å². The van der Waals surface area contributed by atoms with Crippen molar-refractivity contribution in [3.05, 3.63) is 23.8 Å². The second-order valence-electron chi connectivity index (χ2n) is 2.74. The summed E-state index contributed by atoms with van der Waals surface area (Å²) >= 11 is 0. The van der Waals surface area contributed by atoms with Gasteiger partial charge in [-0.2, -0.15) is 0 Å². The molecule has 1 amide bonds. The zero-order valence-corrected chi connectivity index (χ0v) is 10.9. The molecule has 96 valence electrons. The van der Waals surface area contributed by atoms with Crippen LogP contribution in [0.15, 0.2) is 18.2 Å². The average molecular weight is 241 g/mol.